The van der Waals surface area contributed by atoms with Gasteiger partial charge in [-0.2, -0.15) is 0 Å². The number of thioether (sulfide) groups is 1. The highest BCUT2D eigenvalue weighted by Crippen LogP contribution is 2.36. The molecule has 116 valence electrons. The fourth-order valence-electron chi connectivity index (χ4n) is 2.30. The van der Waals surface area contributed by atoms with E-state index in [9.17, 15) is 9.18 Å². The molecule has 1 aliphatic rings. The van der Waals surface area contributed by atoms with Crippen molar-refractivity contribution in [3.8, 4) is 0 Å². The first-order valence-electron chi connectivity index (χ1n) is 7.06. The molecule has 23 heavy (non-hydrogen) atoms. The average molecular weight is 343 g/mol. The Morgan fingerprint density at radius 1 is 1.13 bits per heavy atom. The number of amides is 1. The van der Waals surface area contributed by atoms with Crippen molar-refractivity contribution in [2.24, 2.45) is 0 Å². The summed E-state index contributed by atoms with van der Waals surface area (Å²) in [4.78, 5) is 14.7. The van der Waals surface area contributed by atoms with Gasteiger partial charge in [-0.15, -0.1) is 0 Å². The van der Waals surface area contributed by atoms with Crippen molar-refractivity contribution in [1.82, 2.24) is 0 Å². The van der Waals surface area contributed by atoms with Gasteiger partial charge in [-0.25, -0.2) is 4.39 Å². The van der Waals surface area contributed by atoms with Crippen LogP contribution in [0.1, 0.15) is 16.7 Å². The quantitative estimate of drug-likeness (QED) is 0.574. The predicted octanol–water partition coefficient (Wildman–Crippen LogP) is 4.85. The molecule has 0 radical (unpaired) electrons. The van der Waals surface area contributed by atoms with Gasteiger partial charge < -0.3 is 0 Å². The number of carbonyl (C=O) groups is 1. The van der Waals surface area contributed by atoms with Gasteiger partial charge in [0.25, 0.3) is 5.91 Å². The smallest absolute Gasteiger partial charge is 0.268 e. The molecule has 0 N–H and O–H groups in total. The van der Waals surface area contributed by atoms with Crippen molar-refractivity contribution in [2.45, 2.75) is 13.8 Å². The molecule has 0 saturated carbocycles. The Bertz CT molecular complexity index is 845. The molecule has 0 spiro atoms. The fourth-order valence-corrected chi connectivity index (χ4v) is 3.60. The molecule has 0 aromatic heterocycles. The van der Waals surface area contributed by atoms with Crippen molar-refractivity contribution in [3.63, 3.8) is 0 Å². The zero-order valence-corrected chi connectivity index (χ0v) is 14.3. The van der Waals surface area contributed by atoms with Crippen molar-refractivity contribution in [2.75, 3.05) is 4.90 Å². The van der Waals surface area contributed by atoms with Crippen LogP contribution < -0.4 is 4.90 Å². The third kappa shape index (κ3) is 3.21. The van der Waals surface area contributed by atoms with E-state index in [0.29, 0.717) is 14.8 Å². The largest absolute Gasteiger partial charge is 0.270 e. The minimum Gasteiger partial charge on any atom is -0.268 e. The van der Waals surface area contributed by atoms with Gasteiger partial charge in [-0.05, 0) is 60.9 Å². The second-order valence-corrected chi connectivity index (χ2v) is 7.02. The summed E-state index contributed by atoms with van der Waals surface area (Å²) in [6, 6.07) is 11.9. The fraction of sp³-hybridized carbons (Fsp3) is 0.111. The summed E-state index contributed by atoms with van der Waals surface area (Å²) in [5.74, 6) is -0.504. The number of anilines is 1. The molecule has 1 heterocycles. The Hall–Kier alpha value is -1.98. The number of hydrogen-bond acceptors (Lipinski definition) is 3. The van der Waals surface area contributed by atoms with Gasteiger partial charge in [0.1, 0.15) is 5.82 Å². The van der Waals surface area contributed by atoms with Crippen LogP contribution in [0, 0.1) is 19.7 Å². The number of thiocarbonyl (C=S) groups is 1. The highest BCUT2D eigenvalue weighted by Gasteiger charge is 2.33. The Balaban J connectivity index is 1.95. The number of hydrogen-bond donors (Lipinski definition) is 0. The number of halogens is 1. The summed E-state index contributed by atoms with van der Waals surface area (Å²) in [6.07, 6.45) is 1.67. The van der Waals surface area contributed by atoms with E-state index in [0.717, 1.165) is 16.8 Å². The van der Waals surface area contributed by atoms with E-state index in [-0.39, 0.29) is 11.7 Å². The minimum atomic E-state index is -0.330. The van der Waals surface area contributed by atoms with Crippen molar-refractivity contribution >= 4 is 46.0 Å². The molecule has 5 heteroatoms. The molecule has 2 aromatic rings. The third-order valence-electron chi connectivity index (χ3n) is 3.69. The molecule has 2 nitrogen and oxygen atoms in total. The maximum Gasteiger partial charge on any atom is 0.270 e. The molecule has 3 rings (SSSR count). The number of benzene rings is 2. The van der Waals surface area contributed by atoms with E-state index in [1.54, 1.807) is 18.2 Å². The number of carbonyl (C=O) groups excluding carboxylic acids is 1. The summed E-state index contributed by atoms with van der Waals surface area (Å²) in [6.45, 7) is 4.02. The lowest BCUT2D eigenvalue weighted by Crippen LogP contribution is -2.27. The lowest BCUT2D eigenvalue weighted by Gasteiger charge is -2.15. The van der Waals surface area contributed by atoms with Crippen LogP contribution in [-0.2, 0) is 4.79 Å². The first-order chi connectivity index (χ1) is 11.0. The zero-order valence-electron chi connectivity index (χ0n) is 12.7. The van der Waals surface area contributed by atoms with E-state index in [4.69, 9.17) is 12.2 Å². The molecule has 0 aliphatic carbocycles. The monoisotopic (exact) mass is 343 g/mol. The molecule has 1 fully saturated rings. The number of aryl methyl sites for hydroxylation is 2. The summed E-state index contributed by atoms with van der Waals surface area (Å²) >= 11 is 6.58. The highest BCUT2D eigenvalue weighted by molar-refractivity contribution is 8.27. The minimum absolute atomic E-state index is 0.174. The topological polar surface area (TPSA) is 20.3 Å². The van der Waals surface area contributed by atoms with Crippen LogP contribution in [0.2, 0.25) is 0 Å². The lowest BCUT2D eigenvalue weighted by atomic mass is 10.1. The van der Waals surface area contributed by atoms with E-state index >= 15 is 0 Å². The Morgan fingerprint density at radius 3 is 2.61 bits per heavy atom. The molecule has 0 atom stereocenters. The molecule has 0 bridgehead atoms. The van der Waals surface area contributed by atoms with Gasteiger partial charge in [0, 0.05) is 0 Å². The lowest BCUT2D eigenvalue weighted by molar-refractivity contribution is -0.113. The molecular formula is C18H14FNOS2. The Morgan fingerprint density at radius 2 is 1.91 bits per heavy atom. The van der Waals surface area contributed by atoms with Crippen LogP contribution in [-0.4, -0.2) is 10.2 Å². The molecule has 2 aromatic carbocycles. The SMILES string of the molecule is Cc1ccc(N2C(=O)/C(=C/c3cccc(F)c3)SC2=S)cc1C. The van der Waals surface area contributed by atoms with Crippen LogP contribution in [0.4, 0.5) is 10.1 Å². The Kier molecular flexibility index (Phi) is 4.33. The van der Waals surface area contributed by atoms with Crippen LogP contribution in [0.3, 0.4) is 0 Å². The van der Waals surface area contributed by atoms with Gasteiger partial charge >= 0.3 is 0 Å². The summed E-state index contributed by atoms with van der Waals surface area (Å²) in [5.41, 5.74) is 3.67. The van der Waals surface area contributed by atoms with Crippen molar-refractivity contribution < 1.29 is 9.18 Å². The molecule has 0 unspecified atom stereocenters. The van der Waals surface area contributed by atoms with E-state index in [1.807, 2.05) is 32.0 Å². The van der Waals surface area contributed by atoms with Gasteiger partial charge in [0.2, 0.25) is 0 Å². The molecule has 1 amide bonds. The molecular weight excluding hydrogens is 329 g/mol. The summed E-state index contributed by atoms with van der Waals surface area (Å²) in [5, 5.41) is 0. The normalized spacial score (nSPS) is 16.5. The van der Waals surface area contributed by atoms with Gasteiger partial charge in [0.05, 0.1) is 10.6 Å². The number of nitrogens with zero attached hydrogens (tertiary/aromatic N) is 1. The third-order valence-corrected chi connectivity index (χ3v) is 4.99. The summed E-state index contributed by atoms with van der Waals surface area (Å²) in [7, 11) is 0. The van der Waals surface area contributed by atoms with Crippen LogP contribution >= 0.6 is 24.0 Å². The standard InChI is InChI=1S/C18H14FNOS2/c1-11-6-7-15(8-12(11)2)20-17(21)16(23-18(20)22)10-13-4-3-5-14(19)9-13/h3-10H,1-2H3/b16-10-. The first kappa shape index (κ1) is 15.9. The second-order valence-electron chi connectivity index (χ2n) is 5.34. The highest BCUT2D eigenvalue weighted by atomic mass is 32.2. The predicted molar refractivity (Wildman–Crippen MR) is 98.0 cm³/mol. The maximum atomic E-state index is 13.3. The van der Waals surface area contributed by atoms with Gasteiger partial charge in [-0.3, -0.25) is 9.69 Å². The van der Waals surface area contributed by atoms with Gasteiger partial charge in [-0.1, -0.05) is 42.2 Å². The van der Waals surface area contributed by atoms with Crippen LogP contribution in [0.15, 0.2) is 47.4 Å². The maximum absolute atomic E-state index is 13.3. The van der Waals surface area contributed by atoms with E-state index in [1.165, 1.54) is 28.8 Å². The Labute approximate surface area is 144 Å². The average Bonchev–Trinajstić information content (AvgIpc) is 2.77. The molecule has 1 aliphatic heterocycles. The zero-order chi connectivity index (χ0) is 16.6. The summed E-state index contributed by atoms with van der Waals surface area (Å²) < 4.78 is 13.8. The van der Waals surface area contributed by atoms with Crippen LogP contribution in [0.25, 0.3) is 6.08 Å². The second kappa shape index (κ2) is 6.26. The van der Waals surface area contributed by atoms with E-state index < -0.39 is 0 Å². The first-order valence-corrected chi connectivity index (χ1v) is 8.29. The van der Waals surface area contributed by atoms with E-state index in [2.05, 4.69) is 0 Å². The number of rotatable bonds is 2. The van der Waals surface area contributed by atoms with Crippen molar-refractivity contribution in [3.05, 3.63) is 69.9 Å². The van der Waals surface area contributed by atoms with Gasteiger partial charge in [0.15, 0.2) is 4.32 Å². The molecule has 1 saturated heterocycles. The van der Waals surface area contributed by atoms with Crippen LogP contribution in [0.5, 0.6) is 0 Å². The van der Waals surface area contributed by atoms with Crippen molar-refractivity contribution in [1.29, 1.82) is 0 Å².